The van der Waals surface area contributed by atoms with Crippen molar-refractivity contribution in [3.63, 3.8) is 0 Å². The number of carboxylic acid groups (broad SMARTS) is 1. The normalized spacial score (nSPS) is 12.5. The second-order valence-electron chi connectivity index (χ2n) is 2.84. The summed E-state index contributed by atoms with van der Waals surface area (Å²) in [7, 11) is 0. The molecular formula is C9H18O4. The molecule has 1 unspecified atom stereocenters. The van der Waals surface area contributed by atoms with Crippen molar-refractivity contribution in [2.24, 2.45) is 0 Å². The topological polar surface area (TPSA) is 55.8 Å². The first-order chi connectivity index (χ1) is 6.20. The Kier molecular flexibility index (Phi) is 7.39. The van der Waals surface area contributed by atoms with Crippen molar-refractivity contribution in [3.8, 4) is 0 Å². The summed E-state index contributed by atoms with van der Waals surface area (Å²) in [4.78, 5) is 10.2. The summed E-state index contributed by atoms with van der Waals surface area (Å²) in [5.74, 6) is 0. The zero-order chi connectivity index (χ0) is 10.1. The van der Waals surface area contributed by atoms with Gasteiger partial charge in [-0.2, -0.15) is 0 Å². The van der Waals surface area contributed by atoms with Crippen molar-refractivity contribution in [2.75, 3.05) is 13.2 Å². The minimum atomic E-state index is -1.23. The second kappa shape index (κ2) is 7.86. The van der Waals surface area contributed by atoms with E-state index in [0.29, 0.717) is 19.6 Å². The highest BCUT2D eigenvalue weighted by molar-refractivity contribution is 5.57. The lowest BCUT2D eigenvalue weighted by Crippen LogP contribution is -2.22. The zero-order valence-corrected chi connectivity index (χ0v) is 8.28. The number of hydrogen-bond acceptors (Lipinski definition) is 3. The largest absolute Gasteiger partial charge is 0.506 e. The number of unbranched alkanes of at least 4 members (excludes halogenated alkanes) is 1. The molecule has 0 saturated carbocycles. The van der Waals surface area contributed by atoms with Gasteiger partial charge in [0.15, 0.2) is 0 Å². The second-order valence-corrected chi connectivity index (χ2v) is 2.84. The van der Waals surface area contributed by atoms with E-state index < -0.39 is 6.16 Å². The quantitative estimate of drug-likeness (QED) is 0.494. The first kappa shape index (κ1) is 12.2. The van der Waals surface area contributed by atoms with Gasteiger partial charge in [-0.25, -0.2) is 4.79 Å². The van der Waals surface area contributed by atoms with Crippen molar-refractivity contribution in [1.82, 2.24) is 0 Å². The summed E-state index contributed by atoms with van der Waals surface area (Å²) in [5, 5.41) is 8.34. The molecule has 0 aromatic rings. The SMILES string of the molecule is CCCCOCC(CC)OC(=O)O. The molecule has 0 radical (unpaired) electrons. The third-order valence-corrected chi connectivity index (χ3v) is 1.67. The molecule has 0 aliphatic rings. The fourth-order valence-electron chi connectivity index (χ4n) is 0.839. The monoisotopic (exact) mass is 190 g/mol. The molecule has 0 rings (SSSR count). The Hall–Kier alpha value is -0.770. The van der Waals surface area contributed by atoms with Gasteiger partial charge < -0.3 is 14.6 Å². The number of hydrogen-bond donors (Lipinski definition) is 1. The number of carbonyl (C=O) groups is 1. The Morgan fingerprint density at radius 2 is 2.15 bits per heavy atom. The Bertz CT molecular complexity index is 136. The van der Waals surface area contributed by atoms with Gasteiger partial charge >= 0.3 is 6.16 Å². The minimum Gasteiger partial charge on any atom is -0.450 e. The Balaban J connectivity index is 3.42. The van der Waals surface area contributed by atoms with Crippen LogP contribution in [0.25, 0.3) is 0 Å². The van der Waals surface area contributed by atoms with Crippen molar-refractivity contribution in [1.29, 1.82) is 0 Å². The number of ether oxygens (including phenoxy) is 2. The summed E-state index contributed by atoms with van der Waals surface area (Å²) in [6.07, 6.45) is 1.18. The highest BCUT2D eigenvalue weighted by Crippen LogP contribution is 2.00. The summed E-state index contributed by atoms with van der Waals surface area (Å²) < 4.78 is 9.81. The highest BCUT2D eigenvalue weighted by Gasteiger charge is 2.10. The fraction of sp³-hybridized carbons (Fsp3) is 0.889. The number of rotatable bonds is 7. The van der Waals surface area contributed by atoms with E-state index in [9.17, 15) is 4.79 Å². The molecule has 1 N–H and O–H groups in total. The molecule has 0 saturated heterocycles. The van der Waals surface area contributed by atoms with E-state index in [-0.39, 0.29) is 6.10 Å². The van der Waals surface area contributed by atoms with Gasteiger partial charge in [-0.15, -0.1) is 0 Å². The molecule has 0 bridgehead atoms. The molecule has 13 heavy (non-hydrogen) atoms. The molecule has 0 heterocycles. The first-order valence-electron chi connectivity index (χ1n) is 4.68. The van der Waals surface area contributed by atoms with Crippen LogP contribution in [0.2, 0.25) is 0 Å². The maximum Gasteiger partial charge on any atom is 0.506 e. The van der Waals surface area contributed by atoms with Gasteiger partial charge in [0.05, 0.1) is 6.61 Å². The van der Waals surface area contributed by atoms with Gasteiger partial charge in [-0.3, -0.25) is 0 Å². The lowest BCUT2D eigenvalue weighted by Gasteiger charge is -2.13. The van der Waals surface area contributed by atoms with Gasteiger partial charge in [0.25, 0.3) is 0 Å². The Labute approximate surface area is 78.8 Å². The minimum absolute atomic E-state index is 0.325. The summed E-state index contributed by atoms with van der Waals surface area (Å²) in [6, 6.07) is 0. The van der Waals surface area contributed by atoms with Crippen molar-refractivity contribution in [3.05, 3.63) is 0 Å². The van der Waals surface area contributed by atoms with E-state index in [4.69, 9.17) is 9.84 Å². The van der Waals surface area contributed by atoms with Gasteiger partial charge in [-0.1, -0.05) is 20.3 Å². The summed E-state index contributed by atoms with van der Waals surface area (Å²) in [5.41, 5.74) is 0. The predicted octanol–water partition coefficient (Wildman–Crippen LogP) is 2.28. The first-order valence-corrected chi connectivity index (χ1v) is 4.68. The third kappa shape index (κ3) is 7.59. The van der Waals surface area contributed by atoms with Crippen LogP contribution in [0.15, 0.2) is 0 Å². The van der Waals surface area contributed by atoms with Gasteiger partial charge in [-0.05, 0) is 12.8 Å². The lowest BCUT2D eigenvalue weighted by atomic mass is 10.3. The summed E-state index contributed by atoms with van der Waals surface area (Å²) in [6.45, 7) is 4.99. The molecule has 4 nitrogen and oxygen atoms in total. The Morgan fingerprint density at radius 1 is 1.46 bits per heavy atom. The molecule has 0 spiro atoms. The van der Waals surface area contributed by atoms with Crippen LogP contribution in [0.5, 0.6) is 0 Å². The van der Waals surface area contributed by atoms with Crippen LogP contribution in [0.3, 0.4) is 0 Å². The molecule has 0 fully saturated rings. The van der Waals surface area contributed by atoms with Crippen molar-refractivity contribution in [2.45, 2.75) is 39.2 Å². The third-order valence-electron chi connectivity index (χ3n) is 1.67. The molecule has 0 aliphatic carbocycles. The molecule has 0 aliphatic heterocycles. The van der Waals surface area contributed by atoms with E-state index in [2.05, 4.69) is 11.7 Å². The maximum atomic E-state index is 10.2. The van der Waals surface area contributed by atoms with Crippen LogP contribution in [0.1, 0.15) is 33.1 Å². The lowest BCUT2D eigenvalue weighted by molar-refractivity contribution is -0.00360. The van der Waals surface area contributed by atoms with Crippen LogP contribution >= 0.6 is 0 Å². The van der Waals surface area contributed by atoms with Gasteiger partial charge in [0.2, 0.25) is 0 Å². The van der Waals surface area contributed by atoms with Crippen LogP contribution in [0.4, 0.5) is 4.79 Å². The average molecular weight is 190 g/mol. The van der Waals surface area contributed by atoms with E-state index in [1.54, 1.807) is 0 Å². The van der Waals surface area contributed by atoms with Crippen LogP contribution in [-0.4, -0.2) is 30.6 Å². The average Bonchev–Trinajstić information content (AvgIpc) is 2.09. The van der Waals surface area contributed by atoms with Gasteiger partial charge in [0, 0.05) is 6.61 Å². The molecular weight excluding hydrogens is 172 g/mol. The predicted molar refractivity (Wildman–Crippen MR) is 48.9 cm³/mol. The molecule has 4 heteroatoms. The highest BCUT2D eigenvalue weighted by atomic mass is 16.7. The standard InChI is InChI=1S/C9H18O4/c1-3-5-6-12-7-8(4-2)13-9(10)11/h8H,3-7H2,1-2H3,(H,10,11). The Morgan fingerprint density at radius 3 is 2.62 bits per heavy atom. The maximum absolute atomic E-state index is 10.2. The van der Waals surface area contributed by atoms with Crippen LogP contribution < -0.4 is 0 Å². The molecule has 1 atom stereocenters. The molecule has 0 amide bonds. The molecule has 78 valence electrons. The van der Waals surface area contributed by atoms with E-state index in [1.807, 2.05) is 6.92 Å². The van der Waals surface area contributed by atoms with E-state index in [1.165, 1.54) is 0 Å². The van der Waals surface area contributed by atoms with E-state index in [0.717, 1.165) is 12.8 Å². The van der Waals surface area contributed by atoms with Crippen LogP contribution in [0, 0.1) is 0 Å². The summed E-state index contributed by atoms with van der Waals surface area (Å²) >= 11 is 0. The molecule has 0 aromatic carbocycles. The van der Waals surface area contributed by atoms with Crippen molar-refractivity contribution >= 4 is 6.16 Å². The molecule has 0 aromatic heterocycles. The van der Waals surface area contributed by atoms with Crippen molar-refractivity contribution < 1.29 is 19.4 Å². The van der Waals surface area contributed by atoms with Crippen LogP contribution in [-0.2, 0) is 9.47 Å². The van der Waals surface area contributed by atoms with Gasteiger partial charge in [0.1, 0.15) is 6.10 Å². The smallest absolute Gasteiger partial charge is 0.450 e. The zero-order valence-electron chi connectivity index (χ0n) is 8.28. The fourth-order valence-corrected chi connectivity index (χ4v) is 0.839. The van der Waals surface area contributed by atoms with E-state index >= 15 is 0 Å².